The van der Waals surface area contributed by atoms with Crippen molar-refractivity contribution in [1.82, 2.24) is 5.32 Å². The third-order valence-corrected chi connectivity index (χ3v) is 3.04. The van der Waals surface area contributed by atoms with E-state index in [9.17, 15) is 5.11 Å². The first-order chi connectivity index (χ1) is 7.06. The molecule has 0 spiro atoms. The van der Waals surface area contributed by atoms with Crippen molar-refractivity contribution in [1.29, 1.82) is 0 Å². The van der Waals surface area contributed by atoms with Crippen molar-refractivity contribution in [3.8, 4) is 0 Å². The second-order valence-corrected chi connectivity index (χ2v) is 4.35. The third-order valence-electron chi connectivity index (χ3n) is 3.04. The summed E-state index contributed by atoms with van der Waals surface area (Å²) >= 11 is 0. The summed E-state index contributed by atoms with van der Waals surface area (Å²) in [5.74, 6) is 1.19. The van der Waals surface area contributed by atoms with Crippen LogP contribution in [0.3, 0.4) is 0 Å². The molecular formula is C12H21NO2. The first-order valence-electron chi connectivity index (χ1n) is 5.51. The molecule has 0 amide bonds. The maximum Gasteiger partial charge on any atom is 0.117 e. The summed E-state index contributed by atoms with van der Waals surface area (Å²) in [7, 11) is 0. The van der Waals surface area contributed by atoms with Gasteiger partial charge in [0.2, 0.25) is 0 Å². The Hall–Kier alpha value is -0.800. The van der Waals surface area contributed by atoms with E-state index in [1.54, 1.807) is 6.26 Å². The molecule has 0 aromatic carbocycles. The van der Waals surface area contributed by atoms with Crippen LogP contribution >= 0.6 is 0 Å². The lowest BCUT2D eigenvalue weighted by atomic mass is 9.89. The van der Waals surface area contributed by atoms with Gasteiger partial charge in [0.15, 0.2) is 0 Å². The Morgan fingerprint density at radius 2 is 2.33 bits per heavy atom. The molecule has 1 heterocycles. The highest BCUT2D eigenvalue weighted by atomic mass is 16.3. The number of hydrogen-bond acceptors (Lipinski definition) is 3. The molecule has 2 unspecified atom stereocenters. The maximum absolute atomic E-state index is 10.1. The Morgan fingerprint density at radius 3 is 2.87 bits per heavy atom. The van der Waals surface area contributed by atoms with Crippen LogP contribution in [0.4, 0.5) is 0 Å². The first kappa shape index (κ1) is 12.3. The van der Waals surface area contributed by atoms with E-state index in [1.165, 1.54) is 0 Å². The fraction of sp³-hybridized carbons (Fsp3) is 0.667. The Morgan fingerprint density at radius 1 is 1.60 bits per heavy atom. The number of aliphatic hydroxyl groups is 1. The molecule has 0 aliphatic rings. The van der Waals surface area contributed by atoms with Gasteiger partial charge < -0.3 is 14.8 Å². The van der Waals surface area contributed by atoms with Gasteiger partial charge in [0.1, 0.15) is 5.76 Å². The van der Waals surface area contributed by atoms with Crippen molar-refractivity contribution < 1.29 is 9.52 Å². The van der Waals surface area contributed by atoms with Gasteiger partial charge in [0.05, 0.1) is 18.4 Å². The fourth-order valence-corrected chi connectivity index (χ4v) is 1.47. The molecule has 0 fully saturated rings. The van der Waals surface area contributed by atoms with Crippen molar-refractivity contribution in [3.63, 3.8) is 0 Å². The third kappa shape index (κ3) is 3.68. The molecule has 1 aromatic heterocycles. The lowest BCUT2D eigenvalue weighted by molar-refractivity contribution is 0.00505. The molecule has 3 heteroatoms. The minimum absolute atomic E-state index is 0.293. The van der Waals surface area contributed by atoms with E-state index < -0.39 is 5.60 Å². The molecule has 0 bridgehead atoms. The molecule has 3 nitrogen and oxygen atoms in total. The summed E-state index contributed by atoms with van der Waals surface area (Å²) in [5.41, 5.74) is -0.651. The van der Waals surface area contributed by atoms with Gasteiger partial charge in [-0.3, -0.25) is 0 Å². The van der Waals surface area contributed by atoms with Crippen molar-refractivity contribution in [2.75, 3.05) is 6.54 Å². The highest BCUT2D eigenvalue weighted by molar-refractivity contribution is 4.97. The maximum atomic E-state index is 10.1. The Kier molecular flexibility index (Phi) is 4.36. The Bertz CT molecular complexity index is 267. The van der Waals surface area contributed by atoms with Crippen LogP contribution < -0.4 is 5.32 Å². The molecular weight excluding hydrogens is 190 g/mol. The number of hydrogen-bond donors (Lipinski definition) is 2. The van der Waals surface area contributed by atoms with Gasteiger partial charge in [-0.1, -0.05) is 20.3 Å². The lowest BCUT2D eigenvalue weighted by Crippen LogP contribution is -2.42. The molecule has 0 radical (unpaired) electrons. The molecule has 1 aromatic rings. The van der Waals surface area contributed by atoms with Gasteiger partial charge in [-0.2, -0.15) is 0 Å². The van der Waals surface area contributed by atoms with Gasteiger partial charge in [-0.25, -0.2) is 0 Å². The van der Waals surface area contributed by atoms with Crippen LogP contribution in [-0.4, -0.2) is 17.3 Å². The zero-order valence-electron chi connectivity index (χ0n) is 9.79. The normalized spacial score (nSPS) is 17.3. The van der Waals surface area contributed by atoms with Crippen molar-refractivity contribution in [3.05, 3.63) is 24.2 Å². The summed E-state index contributed by atoms with van der Waals surface area (Å²) in [6, 6.07) is 3.79. The zero-order chi connectivity index (χ0) is 11.3. The van der Waals surface area contributed by atoms with E-state index in [0.717, 1.165) is 12.2 Å². The van der Waals surface area contributed by atoms with E-state index >= 15 is 0 Å². The Balaban J connectivity index is 2.30. The highest BCUT2D eigenvalue weighted by Crippen LogP contribution is 2.18. The second-order valence-electron chi connectivity index (χ2n) is 4.35. The average Bonchev–Trinajstić information content (AvgIpc) is 2.69. The predicted octanol–water partition coefficient (Wildman–Crippen LogP) is 2.17. The fourth-order valence-electron chi connectivity index (χ4n) is 1.47. The van der Waals surface area contributed by atoms with E-state index in [2.05, 4.69) is 19.2 Å². The van der Waals surface area contributed by atoms with Crippen molar-refractivity contribution in [2.24, 2.45) is 5.92 Å². The molecule has 2 N–H and O–H groups in total. The van der Waals surface area contributed by atoms with E-state index in [-0.39, 0.29) is 0 Å². The van der Waals surface area contributed by atoms with Crippen LogP contribution in [0.5, 0.6) is 0 Å². The summed E-state index contributed by atoms with van der Waals surface area (Å²) in [5, 5.41) is 13.3. The minimum Gasteiger partial charge on any atom is -0.468 e. The summed E-state index contributed by atoms with van der Waals surface area (Å²) < 4.78 is 5.19. The van der Waals surface area contributed by atoms with Gasteiger partial charge in [0, 0.05) is 6.54 Å². The molecule has 0 aliphatic carbocycles. The van der Waals surface area contributed by atoms with Gasteiger partial charge in [-0.15, -0.1) is 0 Å². The molecule has 15 heavy (non-hydrogen) atoms. The van der Waals surface area contributed by atoms with Crippen LogP contribution in [0.1, 0.15) is 33.0 Å². The van der Waals surface area contributed by atoms with E-state index in [1.807, 2.05) is 19.1 Å². The lowest BCUT2D eigenvalue weighted by Gasteiger charge is -2.29. The summed E-state index contributed by atoms with van der Waals surface area (Å²) in [6.07, 6.45) is 2.64. The van der Waals surface area contributed by atoms with E-state index in [0.29, 0.717) is 19.0 Å². The van der Waals surface area contributed by atoms with Crippen molar-refractivity contribution in [2.45, 2.75) is 39.3 Å². The smallest absolute Gasteiger partial charge is 0.117 e. The van der Waals surface area contributed by atoms with Crippen LogP contribution in [0.2, 0.25) is 0 Å². The van der Waals surface area contributed by atoms with Gasteiger partial charge in [-0.05, 0) is 25.0 Å². The molecule has 0 aliphatic heterocycles. The largest absolute Gasteiger partial charge is 0.468 e. The predicted molar refractivity (Wildman–Crippen MR) is 60.5 cm³/mol. The monoisotopic (exact) mass is 211 g/mol. The van der Waals surface area contributed by atoms with Gasteiger partial charge >= 0.3 is 0 Å². The van der Waals surface area contributed by atoms with Crippen LogP contribution in [0.15, 0.2) is 22.8 Å². The topological polar surface area (TPSA) is 45.4 Å². The highest BCUT2D eigenvalue weighted by Gasteiger charge is 2.26. The molecule has 2 atom stereocenters. The second kappa shape index (κ2) is 5.33. The number of nitrogens with one attached hydrogen (secondary N) is 1. The summed E-state index contributed by atoms with van der Waals surface area (Å²) in [4.78, 5) is 0. The summed E-state index contributed by atoms with van der Waals surface area (Å²) in [6.45, 7) is 7.28. The molecule has 0 saturated carbocycles. The molecule has 1 rings (SSSR count). The number of rotatable bonds is 6. The van der Waals surface area contributed by atoms with Gasteiger partial charge in [0.25, 0.3) is 0 Å². The van der Waals surface area contributed by atoms with Crippen LogP contribution in [0.25, 0.3) is 0 Å². The molecule has 86 valence electrons. The average molecular weight is 211 g/mol. The van der Waals surface area contributed by atoms with Crippen LogP contribution in [-0.2, 0) is 6.54 Å². The first-order valence-corrected chi connectivity index (χ1v) is 5.51. The quantitative estimate of drug-likeness (QED) is 0.758. The SMILES string of the molecule is CCC(C)C(C)(O)CNCc1ccco1. The standard InChI is InChI=1S/C12H21NO2/c1-4-10(2)12(3,14)9-13-8-11-6-5-7-15-11/h5-7,10,13-14H,4,8-9H2,1-3H3. The zero-order valence-corrected chi connectivity index (χ0v) is 9.79. The number of furan rings is 1. The van der Waals surface area contributed by atoms with E-state index in [4.69, 9.17) is 4.42 Å². The Labute approximate surface area is 91.5 Å². The van der Waals surface area contributed by atoms with Crippen molar-refractivity contribution >= 4 is 0 Å². The van der Waals surface area contributed by atoms with Crippen LogP contribution in [0, 0.1) is 5.92 Å². The molecule has 0 saturated heterocycles. The minimum atomic E-state index is -0.651.